The zero-order valence-electron chi connectivity index (χ0n) is 21.8. The van der Waals surface area contributed by atoms with Gasteiger partial charge >= 0.3 is 5.97 Å². The number of benzene rings is 3. The van der Waals surface area contributed by atoms with E-state index >= 15 is 0 Å². The molecule has 9 heteroatoms. The summed E-state index contributed by atoms with van der Waals surface area (Å²) in [6.45, 7) is -0.145. The van der Waals surface area contributed by atoms with Crippen molar-refractivity contribution in [2.45, 2.75) is 44.8 Å². The molecule has 1 aliphatic carbocycles. The van der Waals surface area contributed by atoms with Crippen molar-refractivity contribution in [2.24, 2.45) is 0 Å². The molecule has 0 bridgehead atoms. The zero-order chi connectivity index (χ0) is 28.6. The quantitative estimate of drug-likeness (QED) is 0.276. The highest BCUT2D eigenvalue weighted by molar-refractivity contribution is 6.34. The zero-order valence-corrected chi connectivity index (χ0v) is 23.3. The maximum absolute atomic E-state index is 13.6. The number of anilines is 1. The summed E-state index contributed by atoms with van der Waals surface area (Å²) < 4.78 is 0. The van der Waals surface area contributed by atoms with E-state index in [-0.39, 0.29) is 18.9 Å². The monoisotopic (exact) mass is 580 g/mol. The lowest BCUT2D eigenvalue weighted by atomic mass is 9.93. The Morgan fingerprint density at radius 2 is 1.57 bits per heavy atom. The number of carboxylic acids is 1. The molecule has 3 aromatic rings. The van der Waals surface area contributed by atoms with Crippen LogP contribution in [0, 0.1) is 0 Å². The lowest BCUT2D eigenvalue weighted by Gasteiger charge is -2.24. The number of hydrogen-bond acceptors (Lipinski definition) is 4. The van der Waals surface area contributed by atoms with Gasteiger partial charge in [0, 0.05) is 21.3 Å². The molecule has 0 fully saturated rings. The number of allylic oxidation sites excluding steroid dienone is 2. The Hall–Kier alpha value is -3.65. The molecule has 40 heavy (non-hydrogen) atoms. The van der Waals surface area contributed by atoms with Crippen LogP contribution < -0.4 is 10.2 Å². The van der Waals surface area contributed by atoms with Crippen molar-refractivity contribution in [1.82, 2.24) is 5.32 Å². The summed E-state index contributed by atoms with van der Waals surface area (Å²) in [5.74, 6) is -2.07. The van der Waals surface area contributed by atoms with Crippen LogP contribution in [0.25, 0.3) is 5.57 Å². The Morgan fingerprint density at radius 1 is 0.900 bits per heavy atom. The van der Waals surface area contributed by atoms with Crippen LogP contribution in [0.15, 0.2) is 72.8 Å². The Bertz CT molecular complexity index is 1380. The van der Waals surface area contributed by atoms with Crippen LogP contribution in [0.5, 0.6) is 0 Å². The standard InChI is InChI=1S/C31H30Cl2N2O5/c32-25-14-21(15-26(33)17-25)16-29(37)35(27-12-10-23(11-13-27)22-4-2-1-3-5-22)19-20-6-8-24(9-7-20)30(38)34-18-28(36)31(39)40/h4,6-15,17,28,36H,1-3,5,16,18-19H2,(H,34,38)(H,39,40)/t28-/m1/s1. The lowest BCUT2D eigenvalue weighted by Crippen LogP contribution is -2.36. The highest BCUT2D eigenvalue weighted by Gasteiger charge is 2.19. The third-order valence-electron chi connectivity index (χ3n) is 6.72. The number of nitrogens with one attached hydrogen (secondary N) is 1. The fraction of sp³-hybridized carbons (Fsp3) is 0.258. The van der Waals surface area contributed by atoms with Gasteiger partial charge in [-0.2, -0.15) is 0 Å². The number of halogens is 2. The Kier molecular flexibility index (Phi) is 9.98. The van der Waals surface area contributed by atoms with Gasteiger partial charge in [-0.05, 0) is 90.4 Å². The van der Waals surface area contributed by atoms with Gasteiger partial charge < -0.3 is 20.4 Å². The van der Waals surface area contributed by atoms with Gasteiger partial charge in [-0.3, -0.25) is 9.59 Å². The molecule has 208 valence electrons. The largest absolute Gasteiger partial charge is 0.479 e. The summed E-state index contributed by atoms with van der Waals surface area (Å²) in [5.41, 5.74) is 5.02. The van der Waals surface area contributed by atoms with E-state index in [0.29, 0.717) is 21.2 Å². The Labute approximate surface area is 243 Å². The van der Waals surface area contributed by atoms with Gasteiger partial charge in [-0.15, -0.1) is 0 Å². The van der Waals surface area contributed by atoms with Crippen molar-refractivity contribution in [3.8, 4) is 0 Å². The highest BCUT2D eigenvalue weighted by atomic mass is 35.5. The SMILES string of the molecule is O=C(NC[C@@H](O)C(=O)O)c1ccc(CN(C(=O)Cc2cc(Cl)cc(Cl)c2)c2ccc(C3=CCCCC3)cc2)cc1. The fourth-order valence-corrected chi connectivity index (χ4v) is 5.16. The molecule has 1 aliphatic rings. The lowest BCUT2D eigenvalue weighted by molar-refractivity contribution is -0.146. The van der Waals surface area contributed by atoms with Crippen LogP contribution in [0.3, 0.4) is 0 Å². The smallest absolute Gasteiger partial charge is 0.334 e. The predicted molar refractivity (Wildman–Crippen MR) is 157 cm³/mol. The molecule has 0 radical (unpaired) electrons. The van der Waals surface area contributed by atoms with E-state index in [1.807, 2.05) is 24.3 Å². The molecule has 4 rings (SSSR count). The topological polar surface area (TPSA) is 107 Å². The number of aliphatic hydroxyl groups is 1. The van der Waals surface area contributed by atoms with Crippen LogP contribution in [0.2, 0.25) is 10.0 Å². The average molecular weight is 581 g/mol. The first kappa shape index (κ1) is 29.3. The van der Waals surface area contributed by atoms with E-state index in [1.54, 1.807) is 47.4 Å². The minimum atomic E-state index is -1.68. The summed E-state index contributed by atoms with van der Waals surface area (Å²) in [6.07, 6.45) is 5.21. The van der Waals surface area contributed by atoms with E-state index in [1.165, 1.54) is 18.4 Å². The fourth-order valence-electron chi connectivity index (χ4n) is 4.59. The number of carbonyl (C=O) groups excluding carboxylic acids is 2. The number of aliphatic carboxylic acids is 1. The van der Waals surface area contributed by atoms with Crippen molar-refractivity contribution in [3.05, 3.63) is 105 Å². The summed E-state index contributed by atoms with van der Waals surface area (Å²) in [4.78, 5) is 38.4. The second-order valence-corrected chi connectivity index (χ2v) is 10.6. The molecule has 0 saturated carbocycles. The normalized spacial score (nSPS) is 13.7. The molecular weight excluding hydrogens is 551 g/mol. The summed E-state index contributed by atoms with van der Waals surface area (Å²) >= 11 is 12.3. The number of rotatable bonds is 10. The molecule has 0 aliphatic heterocycles. The van der Waals surface area contributed by atoms with E-state index in [9.17, 15) is 19.5 Å². The van der Waals surface area contributed by atoms with Gasteiger partial charge in [0.15, 0.2) is 6.10 Å². The van der Waals surface area contributed by atoms with Crippen molar-refractivity contribution < 1.29 is 24.6 Å². The number of amides is 2. The third kappa shape index (κ3) is 7.94. The summed E-state index contributed by atoms with van der Waals surface area (Å²) in [5, 5.41) is 21.5. The maximum atomic E-state index is 13.6. The van der Waals surface area contributed by atoms with Crippen LogP contribution in [-0.4, -0.2) is 40.6 Å². The molecule has 0 heterocycles. The van der Waals surface area contributed by atoms with E-state index in [0.717, 1.165) is 29.7 Å². The maximum Gasteiger partial charge on any atom is 0.334 e. The van der Waals surface area contributed by atoms with Gasteiger partial charge in [-0.25, -0.2) is 4.79 Å². The Balaban J connectivity index is 1.54. The second-order valence-electron chi connectivity index (χ2n) is 9.72. The first-order valence-electron chi connectivity index (χ1n) is 13.0. The number of aliphatic hydroxyl groups excluding tert-OH is 1. The van der Waals surface area contributed by atoms with E-state index in [2.05, 4.69) is 11.4 Å². The molecule has 0 spiro atoms. The van der Waals surface area contributed by atoms with Crippen LogP contribution >= 0.6 is 23.2 Å². The van der Waals surface area contributed by atoms with E-state index in [4.69, 9.17) is 28.3 Å². The number of carbonyl (C=O) groups is 3. The minimum absolute atomic E-state index is 0.0968. The molecule has 7 nitrogen and oxygen atoms in total. The molecule has 0 saturated heterocycles. The van der Waals surface area contributed by atoms with Gasteiger partial charge in [0.25, 0.3) is 5.91 Å². The van der Waals surface area contributed by atoms with Crippen LogP contribution in [0.4, 0.5) is 5.69 Å². The van der Waals surface area contributed by atoms with Gasteiger partial charge in [0.1, 0.15) is 0 Å². The first-order valence-corrected chi connectivity index (χ1v) is 13.8. The number of hydrogen-bond donors (Lipinski definition) is 3. The number of nitrogens with zero attached hydrogens (tertiary/aromatic N) is 1. The summed E-state index contributed by atoms with van der Waals surface area (Å²) in [6, 6.07) is 19.7. The van der Waals surface area contributed by atoms with Crippen LogP contribution in [0.1, 0.15) is 52.7 Å². The van der Waals surface area contributed by atoms with E-state index < -0.39 is 24.5 Å². The molecular formula is C31H30Cl2N2O5. The number of carboxylic acid groups (broad SMARTS) is 1. The van der Waals surface area contributed by atoms with Gasteiger partial charge in [0.05, 0.1) is 19.5 Å². The molecule has 0 unspecified atom stereocenters. The van der Waals surface area contributed by atoms with Gasteiger partial charge in [0.2, 0.25) is 5.91 Å². The van der Waals surface area contributed by atoms with Crippen molar-refractivity contribution >= 4 is 52.2 Å². The Morgan fingerprint density at radius 3 is 2.17 bits per heavy atom. The molecule has 1 atom stereocenters. The molecule has 3 aromatic carbocycles. The van der Waals surface area contributed by atoms with Gasteiger partial charge in [-0.1, -0.05) is 53.5 Å². The third-order valence-corrected chi connectivity index (χ3v) is 7.15. The molecule has 0 aromatic heterocycles. The van der Waals surface area contributed by atoms with Crippen LogP contribution in [-0.2, 0) is 22.6 Å². The summed E-state index contributed by atoms with van der Waals surface area (Å²) in [7, 11) is 0. The van der Waals surface area contributed by atoms with Crippen molar-refractivity contribution in [2.75, 3.05) is 11.4 Å². The predicted octanol–water partition coefficient (Wildman–Crippen LogP) is 5.90. The minimum Gasteiger partial charge on any atom is -0.479 e. The van der Waals surface area contributed by atoms with Crippen molar-refractivity contribution in [3.63, 3.8) is 0 Å². The highest BCUT2D eigenvalue weighted by Crippen LogP contribution is 2.29. The second kappa shape index (κ2) is 13.6. The average Bonchev–Trinajstić information content (AvgIpc) is 2.94. The first-order chi connectivity index (χ1) is 19.2. The molecule has 2 amide bonds. The molecule has 3 N–H and O–H groups in total. The van der Waals surface area contributed by atoms with Crippen molar-refractivity contribution in [1.29, 1.82) is 0 Å².